The minimum atomic E-state index is -3.22. The van der Waals surface area contributed by atoms with Gasteiger partial charge in [-0.15, -0.1) is 0 Å². The highest BCUT2D eigenvalue weighted by atomic mass is 32.2. The van der Waals surface area contributed by atoms with Crippen LogP contribution in [0.15, 0.2) is 24.3 Å². The lowest BCUT2D eigenvalue weighted by Gasteiger charge is -2.35. The Morgan fingerprint density at radius 1 is 1.04 bits per heavy atom. The number of amides is 1. The molecular weight excluding hydrogens is 350 g/mol. The van der Waals surface area contributed by atoms with Crippen molar-refractivity contribution in [1.29, 1.82) is 0 Å². The Balaban J connectivity index is 1.62. The summed E-state index contributed by atoms with van der Waals surface area (Å²) in [4.78, 5) is 14.9. The minimum absolute atomic E-state index is 0.0615. The predicted octanol–water partition coefficient (Wildman–Crippen LogP) is 2.22. The maximum atomic E-state index is 12.5. The molecule has 1 aromatic carbocycles. The van der Waals surface area contributed by atoms with Crippen molar-refractivity contribution in [3.05, 3.63) is 29.8 Å². The van der Waals surface area contributed by atoms with E-state index in [0.717, 1.165) is 19.5 Å². The van der Waals surface area contributed by atoms with E-state index >= 15 is 0 Å². The fourth-order valence-electron chi connectivity index (χ4n) is 3.69. The lowest BCUT2D eigenvalue weighted by Crippen LogP contribution is -2.50. The van der Waals surface area contributed by atoms with Gasteiger partial charge in [-0.2, -0.15) is 0 Å². The number of hydrogen-bond donors (Lipinski definition) is 1. The fraction of sp³-hybridized carbons (Fsp3) is 0.632. The number of anilines is 1. The van der Waals surface area contributed by atoms with E-state index in [2.05, 4.69) is 24.1 Å². The molecule has 1 aromatic rings. The van der Waals surface area contributed by atoms with Crippen LogP contribution in [0.2, 0.25) is 0 Å². The van der Waals surface area contributed by atoms with Crippen molar-refractivity contribution < 1.29 is 13.2 Å². The number of carbonyl (C=O) groups is 1. The molecule has 0 bridgehead atoms. The molecule has 0 aliphatic carbocycles. The third-order valence-electron chi connectivity index (χ3n) is 5.41. The molecule has 0 unspecified atom stereocenters. The molecule has 0 radical (unpaired) electrons. The van der Waals surface area contributed by atoms with Crippen molar-refractivity contribution >= 4 is 21.6 Å². The van der Waals surface area contributed by atoms with Gasteiger partial charge >= 0.3 is 0 Å². The Hall–Kier alpha value is -1.60. The molecule has 0 spiro atoms. The normalized spacial score (nSPS) is 20.9. The molecule has 2 aliphatic heterocycles. The highest BCUT2D eigenvalue weighted by Gasteiger charge is 2.29. The van der Waals surface area contributed by atoms with Gasteiger partial charge in [0.05, 0.1) is 11.4 Å². The summed E-state index contributed by atoms with van der Waals surface area (Å²) in [7, 11) is -3.22. The smallest absolute Gasteiger partial charge is 0.251 e. The first kappa shape index (κ1) is 19.2. The number of hydrogen-bond acceptors (Lipinski definition) is 4. The van der Waals surface area contributed by atoms with E-state index in [1.54, 1.807) is 24.3 Å². The van der Waals surface area contributed by atoms with Crippen LogP contribution >= 0.6 is 0 Å². The van der Waals surface area contributed by atoms with Crippen molar-refractivity contribution in [3.63, 3.8) is 0 Å². The van der Waals surface area contributed by atoms with Crippen LogP contribution in [0.25, 0.3) is 0 Å². The second-order valence-electron chi connectivity index (χ2n) is 7.83. The third kappa shape index (κ3) is 4.20. The number of sulfonamides is 1. The molecule has 2 heterocycles. The number of nitrogens with zero attached hydrogens (tertiary/aromatic N) is 2. The summed E-state index contributed by atoms with van der Waals surface area (Å²) in [6.07, 6.45) is 4.02. The van der Waals surface area contributed by atoms with Crippen LogP contribution < -0.4 is 9.62 Å². The molecule has 3 rings (SSSR count). The second-order valence-corrected chi connectivity index (χ2v) is 9.84. The van der Waals surface area contributed by atoms with Crippen molar-refractivity contribution in [2.24, 2.45) is 0 Å². The SMILES string of the molecule is CC(C)(CNC(=O)c1ccc(N2CCCCS2(=O)=O)cc1)N1CCCC1. The molecule has 1 amide bonds. The molecule has 2 fully saturated rings. The highest BCUT2D eigenvalue weighted by molar-refractivity contribution is 7.92. The quantitative estimate of drug-likeness (QED) is 0.852. The largest absolute Gasteiger partial charge is 0.350 e. The Morgan fingerprint density at radius 3 is 2.27 bits per heavy atom. The van der Waals surface area contributed by atoms with Crippen LogP contribution in [-0.4, -0.2) is 56.7 Å². The molecule has 6 nitrogen and oxygen atoms in total. The van der Waals surface area contributed by atoms with Gasteiger partial charge in [-0.3, -0.25) is 14.0 Å². The van der Waals surface area contributed by atoms with Crippen molar-refractivity contribution in [3.8, 4) is 0 Å². The maximum Gasteiger partial charge on any atom is 0.251 e. The zero-order valence-corrected chi connectivity index (χ0v) is 16.5. The highest BCUT2D eigenvalue weighted by Crippen LogP contribution is 2.24. The van der Waals surface area contributed by atoms with E-state index in [1.165, 1.54) is 17.1 Å². The summed E-state index contributed by atoms with van der Waals surface area (Å²) >= 11 is 0. The van der Waals surface area contributed by atoms with E-state index in [-0.39, 0.29) is 17.2 Å². The van der Waals surface area contributed by atoms with Gasteiger partial charge in [0.15, 0.2) is 0 Å². The first-order valence-corrected chi connectivity index (χ1v) is 11.0. The zero-order valence-electron chi connectivity index (χ0n) is 15.7. The second kappa shape index (κ2) is 7.56. The summed E-state index contributed by atoms with van der Waals surface area (Å²) in [5, 5.41) is 3.02. The molecule has 7 heteroatoms. The van der Waals surface area contributed by atoms with Crippen molar-refractivity contribution in [2.75, 3.05) is 36.2 Å². The number of carbonyl (C=O) groups excluding carboxylic acids is 1. The average molecular weight is 380 g/mol. The van der Waals surface area contributed by atoms with Crippen LogP contribution in [0.1, 0.15) is 49.9 Å². The number of likely N-dealkylation sites (tertiary alicyclic amines) is 1. The zero-order chi connectivity index (χ0) is 18.8. The van der Waals surface area contributed by atoms with Crippen molar-refractivity contribution in [1.82, 2.24) is 10.2 Å². The number of nitrogens with one attached hydrogen (secondary N) is 1. The topological polar surface area (TPSA) is 69.7 Å². The Morgan fingerprint density at radius 2 is 1.65 bits per heavy atom. The van der Waals surface area contributed by atoms with Crippen LogP contribution in [0.4, 0.5) is 5.69 Å². The standard InChI is InChI=1S/C19H29N3O3S/c1-19(2,21-11-3-4-12-21)15-20-18(23)16-7-9-17(10-8-16)22-13-5-6-14-26(22,24)25/h7-10H,3-6,11-15H2,1-2H3,(H,20,23). The number of benzene rings is 1. The molecule has 2 saturated heterocycles. The molecule has 0 atom stereocenters. The van der Waals surface area contributed by atoms with Gasteiger partial charge in [0, 0.05) is 24.2 Å². The van der Waals surface area contributed by atoms with Gasteiger partial charge in [-0.25, -0.2) is 8.42 Å². The van der Waals surface area contributed by atoms with E-state index in [4.69, 9.17) is 0 Å². The fourth-order valence-corrected chi connectivity index (χ4v) is 5.33. The third-order valence-corrected chi connectivity index (χ3v) is 7.28. The van der Waals surface area contributed by atoms with E-state index in [0.29, 0.717) is 30.8 Å². The summed E-state index contributed by atoms with van der Waals surface area (Å²) in [6.45, 7) is 7.58. The molecule has 0 saturated carbocycles. The summed E-state index contributed by atoms with van der Waals surface area (Å²) in [5.74, 6) is 0.0752. The monoisotopic (exact) mass is 379 g/mol. The molecular formula is C19H29N3O3S. The molecule has 1 N–H and O–H groups in total. The van der Waals surface area contributed by atoms with E-state index in [9.17, 15) is 13.2 Å². The lowest BCUT2D eigenvalue weighted by atomic mass is 10.0. The Bertz CT molecular complexity index is 738. The molecule has 0 aromatic heterocycles. The Labute approximate surface area is 156 Å². The van der Waals surface area contributed by atoms with Gasteiger partial charge in [-0.1, -0.05) is 0 Å². The van der Waals surface area contributed by atoms with Gasteiger partial charge in [0.2, 0.25) is 10.0 Å². The van der Waals surface area contributed by atoms with Gasteiger partial charge in [0.25, 0.3) is 5.91 Å². The van der Waals surface area contributed by atoms with E-state index < -0.39 is 10.0 Å². The molecule has 144 valence electrons. The van der Waals surface area contributed by atoms with Gasteiger partial charge in [-0.05, 0) is 76.9 Å². The predicted molar refractivity (Wildman–Crippen MR) is 104 cm³/mol. The minimum Gasteiger partial charge on any atom is -0.350 e. The van der Waals surface area contributed by atoms with Crippen LogP contribution in [0, 0.1) is 0 Å². The van der Waals surface area contributed by atoms with E-state index in [1.807, 2.05) is 0 Å². The van der Waals surface area contributed by atoms with Crippen LogP contribution in [0.3, 0.4) is 0 Å². The first-order valence-electron chi connectivity index (χ1n) is 9.43. The van der Waals surface area contributed by atoms with Crippen LogP contribution in [-0.2, 0) is 10.0 Å². The maximum absolute atomic E-state index is 12.5. The van der Waals surface area contributed by atoms with Crippen molar-refractivity contribution in [2.45, 2.75) is 45.1 Å². The number of rotatable bonds is 5. The molecule has 2 aliphatic rings. The summed E-state index contributed by atoms with van der Waals surface area (Å²) in [5.41, 5.74) is 1.13. The Kier molecular flexibility index (Phi) is 5.58. The summed E-state index contributed by atoms with van der Waals surface area (Å²) < 4.78 is 25.8. The van der Waals surface area contributed by atoms with Crippen LogP contribution in [0.5, 0.6) is 0 Å². The summed E-state index contributed by atoms with van der Waals surface area (Å²) in [6, 6.07) is 6.86. The lowest BCUT2D eigenvalue weighted by molar-refractivity contribution is 0.0902. The molecule has 26 heavy (non-hydrogen) atoms. The van der Waals surface area contributed by atoms with Gasteiger partial charge in [0.1, 0.15) is 0 Å². The average Bonchev–Trinajstić information content (AvgIpc) is 3.15. The van der Waals surface area contributed by atoms with Gasteiger partial charge < -0.3 is 5.32 Å². The first-order chi connectivity index (χ1) is 12.3.